The fourth-order valence-electron chi connectivity index (χ4n) is 13.8. The summed E-state index contributed by atoms with van der Waals surface area (Å²) in [7, 11) is 0. The number of rotatable bonds is 11. The summed E-state index contributed by atoms with van der Waals surface area (Å²) < 4.78 is 0.628. The van der Waals surface area contributed by atoms with E-state index in [9.17, 15) is 0 Å². The maximum Gasteiger partial charge on any atom is 0.247 e. The maximum absolute atomic E-state index is 6.37. The molecule has 5 aromatic heterocycles. The van der Waals surface area contributed by atoms with Crippen molar-refractivity contribution >= 4 is 202 Å². The molecule has 10 aromatic rings. The Labute approximate surface area is 750 Å². The van der Waals surface area contributed by atoms with Gasteiger partial charge in [-0.15, -0.1) is 10.2 Å². The predicted molar refractivity (Wildman–Crippen MR) is 495 cm³/mol. The third-order valence-corrected chi connectivity index (χ3v) is 26.3. The molecule has 10 heterocycles. The summed E-state index contributed by atoms with van der Waals surface area (Å²) in [6, 6.07) is 26.7. The van der Waals surface area contributed by atoms with Gasteiger partial charge in [0.25, 0.3) is 0 Å². The number of halogens is 12. The minimum atomic E-state index is -0.157. The van der Waals surface area contributed by atoms with Crippen LogP contribution in [-0.2, 0) is 0 Å². The Balaban J connectivity index is 0.000000145. The van der Waals surface area contributed by atoms with E-state index in [4.69, 9.17) is 185 Å². The third kappa shape index (κ3) is 22.6. The normalized spacial score (nSPS) is 16.9. The quantitative estimate of drug-likeness (QED) is 0.0575. The van der Waals surface area contributed by atoms with Gasteiger partial charge in [0.05, 0.1) is 62.1 Å². The summed E-state index contributed by atoms with van der Waals surface area (Å²) in [6.45, 7) is 19.2. The van der Waals surface area contributed by atoms with Gasteiger partial charge in [-0.3, -0.25) is 0 Å². The molecule has 26 nitrogen and oxygen atoms in total. The van der Waals surface area contributed by atoms with Gasteiger partial charge in [-0.05, 0) is 158 Å². The van der Waals surface area contributed by atoms with Crippen molar-refractivity contribution in [2.45, 2.75) is 121 Å². The number of anilines is 10. The number of nitrogen functional groups attached to an aromatic ring is 5. The maximum atomic E-state index is 6.37. The summed E-state index contributed by atoms with van der Waals surface area (Å²) in [6.07, 6.45) is 10.9. The molecule has 5 aliphatic heterocycles. The molecule has 5 saturated heterocycles. The van der Waals surface area contributed by atoms with Gasteiger partial charge in [-0.1, -0.05) is 188 Å². The van der Waals surface area contributed by atoms with Crippen LogP contribution in [0, 0.1) is 12.8 Å². The Kier molecular flexibility index (Phi) is 30.6. The van der Waals surface area contributed by atoms with E-state index < -0.39 is 0 Å². The van der Waals surface area contributed by atoms with Crippen LogP contribution in [0.5, 0.6) is 0 Å². The third-order valence-electron chi connectivity index (χ3n) is 21.4. The molecule has 38 heteroatoms. The smallest absolute Gasteiger partial charge is 0.247 e. The first-order valence-electron chi connectivity index (χ1n) is 38.1. The van der Waals surface area contributed by atoms with Gasteiger partial charge < -0.3 is 81.8 Å². The van der Waals surface area contributed by atoms with Crippen molar-refractivity contribution in [1.82, 2.24) is 55.1 Å². The summed E-state index contributed by atoms with van der Waals surface area (Å²) in [4.78, 5) is 51.2. The van der Waals surface area contributed by atoms with Gasteiger partial charge in [0, 0.05) is 115 Å². The fraction of sp³-hybridized carbons (Fsp3) is 0.388. The molecule has 15 rings (SSSR count). The van der Waals surface area contributed by atoms with Crippen LogP contribution in [0.2, 0.25) is 55.4 Å². The van der Waals surface area contributed by atoms with Gasteiger partial charge in [0.15, 0.2) is 51.7 Å². The summed E-state index contributed by atoms with van der Waals surface area (Å²) in [5.74, 6) is 5.58. The number of nitrogens with two attached hydrogens (primary N) is 10. The van der Waals surface area contributed by atoms with Crippen LogP contribution < -0.4 is 81.8 Å². The van der Waals surface area contributed by atoms with Crippen molar-refractivity contribution in [3.05, 3.63) is 163 Å². The van der Waals surface area contributed by atoms with Crippen molar-refractivity contribution in [3.8, 4) is 56.3 Å². The summed E-state index contributed by atoms with van der Waals surface area (Å²) >= 11 is 71.5. The number of benzene rings is 5. The van der Waals surface area contributed by atoms with E-state index in [2.05, 4.69) is 118 Å². The molecule has 0 atom stereocenters. The van der Waals surface area contributed by atoms with Crippen LogP contribution >= 0.6 is 144 Å². The minimum Gasteiger partial charge on any atom is -0.382 e. The molecule has 0 aliphatic carbocycles. The highest BCUT2D eigenvalue weighted by molar-refractivity contribution is 9.10. The second-order valence-corrected chi connectivity index (χ2v) is 36.1. The highest BCUT2D eigenvalue weighted by Gasteiger charge is 2.34. The van der Waals surface area contributed by atoms with E-state index in [1.165, 1.54) is 0 Å². The van der Waals surface area contributed by atoms with E-state index in [-0.39, 0.29) is 38.9 Å². The molecular weight excluding hydrogens is 1790 g/mol. The topological polar surface area (TPSA) is 418 Å². The molecule has 0 amide bonds. The highest BCUT2D eigenvalue weighted by Crippen LogP contribution is 2.44. The van der Waals surface area contributed by atoms with Crippen LogP contribution in [0.25, 0.3) is 56.3 Å². The average Bonchev–Trinajstić information content (AvgIpc) is 0.797. The van der Waals surface area contributed by atoms with Crippen molar-refractivity contribution in [1.29, 1.82) is 0 Å². The average molecular weight is 1890 g/mol. The first-order chi connectivity index (χ1) is 55.8. The van der Waals surface area contributed by atoms with Crippen LogP contribution in [0.3, 0.4) is 0 Å². The number of nitrogens with zero attached hydrogens (tertiary/aromatic N) is 16. The SMILES string of the molecule is CC1(N)CCN(c2nc(N)c(-c3cccc(Cl)c3Cl)nc2Br)CC1.CC1(N)CCN(c2nc(N)c(-c3cccc(Cl)c3Cl)nc2Cl)CC1.CC1(N)CCN(c2nnc(-c3cccc(Cl)c3Cl)c(N)n2)CC1.Cc1nc(-c2cccc(Cl)c2Cl)c(N)nc1N1CCC(C)(N)CC1.NCC1CCN(c2cnc(-c3cccc(Cl)c3Cl)c(N)n2)CC1. The lowest BCUT2D eigenvalue weighted by Gasteiger charge is -2.37. The summed E-state index contributed by atoms with van der Waals surface area (Å²) in [5, 5.41) is 13.0. The number of hydrogen-bond acceptors (Lipinski definition) is 26. The largest absolute Gasteiger partial charge is 0.382 e. The fourth-order valence-corrected chi connectivity index (χ4v) is 16.5. The Morgan fingerprint density at radius 3 is 1.08 bits per heavy atom. The lowest BCUT2D eigenvalue weighted by molar-refractivity contribution is 0.361. The number of piperidine rings is 5. The lowest BCUT2D eigenvalue weighted by Crippen LogP contribution is -2.48. The molecule has 5 aliphatic rings. The van der Waals surface area contributed by atoms with Crippen LogP contribution in [-0.4, -0.2) is 149 Å². The van der Waals surface area contributed by atoms with Crippen molar-refractivity contribution in [3.63, 3.8) is 0 Å². The highest BCUT2D eigenvalue weighted by atomic mass is 79.9. The molecule has 0 radical (unpaired) electrons. The van der Waals surface area contributed by atoms with E-state index in [0.29, 0.717) is 146 Å². The zero-order chi connectivity index (χ0) is 85.5. The molecule has 20 N–H and O–H groups in total. The number of aromatic nitrogens is 11. The zero-order valence-corrected chi connectivity index (χ0v) is 75.5. The van der Waals surface area contributed by atoms with Gasteiger partial charge in [-0.2, -0.15) is 4.98 Å². The van der Waals surface area contributed by atoms with Gasteiger partial charge >= 0.3 is 0 Å². The lowest BCUT2D eigenvalue weighted by atomic mass is 9.91. The molecule has 0 saturated carbocycles. The van der Waals surface area contributed by atoms with Crippen molar-refractivity contribution in [2.75, 3.05) is 125 Å². The first kappa shape index (κ1) is 91.6. The van der Waals surface area contributed by atoms with Crippen molar-refractivity contribution in [2.24, 2.45) is 34.6 Å². The van der Waals surface area contributed by atoms with Crippen molar-refractivity contribution < 1.29 is 0 Å². The molecule has 118 heavy (non-hydrogen) atoms. The zero-order valence-electron chi connectivity index (χ0n) is 65.6. The Morgan fingerprint density at radius 2 is 0.686 bits per heavy atom. The van der Waals surface area contributed by atoms with E-state index in [1.54, 1.807) is 66.9 Å². The molecule has 5 fully saturated rings. The predicted octanol–water partition coefficient (Wildman–Crippen LogP) is 17.7. The van der Waals surface area contributed by atoms with E-state index >= 15 is 0 Å². The Hall–Kier alpha value is -7.10. The number of hydrogen-bond donors (Lipinski definition) is 10. The second-order valence-electron chi connectivity index (χ2n) is 31.1. The molecule has 0 spiro atoms. The minimum absolute atomic E-state index is 0.113. The molecule has 628 valence electrons. The van der Waals surface area contributed by atoms with Gasteiger partial charge in [0.1, 0.15) is 38.9 Å². The second kappa shape index (κ2) is 39.4. The monoisotopic (exact) mass is 1880 g/mol. The van der Waals surface area contributed by atoms with Gasteiger partial charge in [0.2, 0.25) is 5.95 Å². The summed E-state index contributed by atoms with van der Waals surface area (Å²) in [5.41, 5.74) is 67.1. The van der Waals surface area contributed by atoms with Crippen LogP contribution in [0.1, 0.15) is 97.6 Å². The molecule has 0 bridgehead atoms. The molecule has 5 aromatic carbocycles. The number of aryl methyl sites for hydroxylation is 1. The van der Waals surface area contributed by atoms with E-state index in [1.807, 2.05) is 42.2 Å². The van der Waals surface area contributed by atoms with Gasteiger partial charge in [-0.25, -0.2) is 39.9 Å². The molecular formula is C80H94BrCl11N26. The first-order valence-corrected chi connectivity index (χ1v) is 43.0. The Bertz CT molecular complexity index is 4900. The van der Waals surface area contributed by atoms with Crippen LogP contribution in [0.15, 0.2) is 102 Å². The van der Waals surface area contributed by atoms with E-state index in [0.717, 1.165) is 159 Å². The Morgan fingerprint density at radius 1 is 0.364 bits per heavy atom. The molecule has 0 unspecified atom stereocenters. The standard InChI is InChI=1S/C17H21Cl2N5.C16H18BrCl2N5.C16H18Cl3N5.C16H19Cl2N5.C15H18Cl2N6/c1-10-16(24-8-6-17(2,21)7-9-24)23-15(20)14(22-10)11-4-3-5-12(18)13(11)19;1-16(21)5-7-24(8-6-16)15-13(17)22-12(14(20)23-15)9-3-2-4-10(18)11(9)19;1-16(21)5-7-24(8-6-16)15-13(19)22-12(14(20)23-15)9-3-2-4-10(17)11(9)18;17-12-3-1-2-11(14(12)18)15-16(20)22-13(9-21-15)23-6-4-10(8-19)5-7-23;1-15(19)5-7-23(8-6-15)14-20-13(18)12(21-22-14)9-3-2-4-10(16)11(9)17/h3-5H,6-9,21H2,1-2H3,(H2,20,23);2*2-4H,5-8,21H2,1H3,(H2,20,23);1-3,9-10H,4-8,19H2,(H2,20,22);2-4H,5-8,19H2,1H3,(H2,18,20,22). The van der Waals surface area contributed by atoms with Crippen LogP contribution in [0.4, 0.5) is 58.3 Å².